The number of aryl methyl sites for hydroxylation is 1. The fourth-order valence-corrected chi connectivity index (χ4v) is 5.93. The van der Waals surface area contributed by atoms with E-state index in [2.05, 4.69) is 66.2 Å². The maximum Gasteiger partial charge on any atom is 0.161 e. The molecule has 0 unspecified atom stereocenters. The third-order valence-electron chi connectivity index (χ3n) is 7.52. The molecule has 1 aliphatic carbocycles. The summed E-state index contributed by atoms with van der Waals surface area (Å²) in [6.07, 6.45) is 4.92. The van der Waals surface area contributed by atoms with Crippen LogP contribution in [0.5, 0.6) is 11.5 Å². The Hall–Kier alpha value is -2.98. The number of aromatic nitrogens is 1. The minimum absolute atomic E-state index is 0.104. The van der Waals surface area contributed by atoms with Crippen LogP contribution in [-0.2, 0) is 11.8 Å². The number of benzene rings is 3. The first kappa shape index (κ1) is 19.7. The molecule has 6 rings (SSSR count). The Kier molecular flexibility index (Phi) is 4.65. The lowest BCUT2D eigenvalue weighted by molar-refractivity contribution is -0.0390. The Labute approximate surface area is 188 Å². The fraction of sp³-hybridized carbons (Fsp3) is 0.357. The number of fused-ring (bicyclic) bond motifs is 6. The first-order valence-electron chi connectivity index (χ1n) is 11.6. The normalized spacial score (nSPS) is 22.5. The summed E-state index contributed by atoms with van der Waals surface area (Å²) < 4.78 is 20.4. The van der Waals surface area contributed by atoms with Gasteiger partial charge in [0.15, 0.2) is 11.5 Å². The maximum absolute atomic E-state index is 6.84. The molecule has 1 fully saturated rings. The van der Waals surface area contributed by atoms with E-state index in [4.69, 9.17) is 14.2 Å². The zero-order valence-corrected chi connectivity index (χ0v) is 18.9. The third kappa shape index (κ3) is 2.86. The number of rotatable bonds is 3. The van der Waals surface area contributed by atoms with Gasteiger partial charge in [0.05, 0.1) is 20.3 Å². The van der Waals surface area contributed by atoms with Gasteiger partial charge in [-0.25, -0.2) is 0 Å². The van der Waals surface area contributed by atoms with Crippen LogP contribution in [-0.4, -0.2) is 24.9 Å². The van der Waals surface area contributed by atoms with E-state index in [1.54, 1.807) is 14.2 Å². The second-order valence-corrected chi connectivity index (χ2v) is 9.13. The lowest BCUT2D eigenvalue weighted by Gasteiger charge is -2.41. The molecule has 0 spiro atoms. The summed E-state index contributed by atoms with van der Waals surface area (Å²) in [4.78, 5) is 0. The van der Waals surface area contributed by atoms with Crippen LogP contribution in [0, 0.1) is 0 Å². The van der Waals surface area contributed by atoms with Gasteiger partial charge in [-0.15, -0.1) is 0 Å². The summed E-state index contributed by atoms with van der Waals surface area (Å²) in [5, 5.41) is 2.56. The predicted octanol–water partition coefficient (Wildman–Crippen LogP) is 6.49. The van der Waals surface area contributed by atoms with Crippen LogP contribution in [0.2, 0.25) is 0 Å². The predicted molar refractivity (Wildman–Crippen MR) is 128 cm³/mol. The Morgan fingerprint density at radius 2 is 1.53 bits per heavy atom. The van der Waals surface area contributed by atoms with E-state index in [1.165, 1.54) is 57.8 Å². The Morgan fingerprint density at radius 3 is 2.34 bits per heavy atom. The molecular formula is C28H29NO3. The molecule has 0 N–H and O–H groups in total. The van der Waals surface area contributed by atoms with E-state index in [-0.39, 0.29) is 12.2 Å². The van der Waals surface area contributed by atoms with E-state index >= 15 is 0 Å². The quantitative estimate of drug-likeness (QED) is 0.374. The highest BCUT2D eigenvalue weighted by molar-refractivity contribution is 6.08. The van der Waals surface area contributed by atoms with E-state index in [1.807, 2.05) is 0 Å². The standard InChI is InChI=1S/C28H29NO3/c1-29-23-10-6-4-8-18(23)21-14-17(12-13-24(21)29)28-22-16-27(31-3)26(30-2)15-20(22)19-9-5-7-11-25(19)32-28/h4,6,8,10,12-16,19,25,28H,5,7,9,11H2,1-3H3/t19-,25-,28-/m0/s1. The van der Waals surface area contributed by atoms with Crippen LogP contribution >= 0.6 is 0 Å². The van der Waals surface area contributed by atoms with E-state index in [0.717, 1.165) is 17.9 Å². The molecule has 4 aromatic rings. The van der Waals surface area contributed by atoms with Crippen LogP contribution < -0.4 is 9.47 Å². The Balaban J connectivity index is 1.55. The second kappa shape index (κ2) is 7.56. The van der Waals surface area contributed by atoms with Gasteiger partial charge in [0.25, 0.3) is 0 Å². The summed E-state index contributed by atoms with van der Waals surface area (Å²) in [6, 6.07) is 19.7. The molecular weight excluding hydrogens is 398 g/mol. The lowest BCUT2D eigenvalue weighted by Crippen LogP contribution is -2.33. The average molecular weight is 428 g/mol. The number of ether oxygens (including phenoxy) is 3. The molecule has 1 saturated carbocycles. The summed E-state index contributed by atoms with van der Waals surface area (Å²) >= 11 is 0. The van der Waals surface area contributed by atoms with Crippen LogP contribution in [0.4, 0.5) is 0 Å². The largest absolute Gasteiger partial charge is 0.493 e. The molecule has 0 amide bonds. The van der Waals surface area contributed by atoms with Crippen LogP contribution in [0.25, 0.3) is 21.8 Å². The number of para-hydroxylation sites is 1. The van der Waals surface area contributed by atoms with Crippen molar-refractivity contribution in [1.82, 2.24) is 4.57 Å². The van der Waals surface area contributed by atoms with E-state index in [0.29, 0.717) is 5.92 Å². The summed E-state index contributed by atoms with van der Waals surface area (Å²) in [5.74, 6) is 2.00. The van der Waals surface area contributed by atoms with Crippen LogP contribution in [0.1, 0.15) is 54.4 Å². The molecule has 4 heteroatoms. The molecule has 164 valence electrons. The molecule has 0 saturated heterocycles. The fourth-order valence-electron chi connectivity index (χ4n) is 5.93. The summed E-state index contributed by atoms with van der Waals surface area (Å²) in [7, 11) is 5.56. The topological polar surface area (TPSA) is 32.6 Å². The number of methoxy groups -OCH3 is 2. The second-order valence-electron chi connectivity index (χ2n) is 9.13. The molecule has 4 nitrogen and oxygen atoms in total. The molecule has 2 aliphatic rings. The van der Waals surface area contributed by atoms with Crippen molar-refractivity contribution < 1.29 is 14.2 Å². The van der Waals surface area contributed by atoms with Crippen LogP contribution in [0.15, 0.2) is 54.6 Å². The first-order chi connectivity index (χ1) is 15.7. The molecule has 32 heavy (non-hydrogen) atoms. The number of hydrogen-bond acceptors (Lipinski definition) is 3. The van der Waals surface area contributed by atoms with Crippen molar-refractivity contribution in [2.24, 2.45) is 7.05 Å². The van der Waals surface area contributed by atoms with Gasteiger partial charge >= 0.3 is 0 Å². The van der Waals surface area contributed by atoms with Crippen molar-refractivity contribution in [3.05, 3.63) is 71.3 Å². The van der Waals surface area contributed by atoms with Crippen molar-refractivity contribution in [3.63, 3.8) is 0 Å². The van der Waals surface area contributed by atoms with Gasteiger partial charge in [0.1, 0.15) is 6.10 Å². The maximum atomic E-state index is 6.84. The van der Waals surface area contributed by atoms with Crippen molar-refractivity contribution >= 4 is 21.8 Å². The molecule has 3 atom stereocenters. The van der Waals surface area contributed by atoms with Gasteiger partial charge < -0.3 is 18.8 Å². The third-order valence-corrected chi connectivity index (χ3v) is 7.52. The Bertz CT molecular complexity index is 1320. The zero-order chi connectivity index (χ0) is 21.8. The molecule has 2 heterocycles. The van der Waals surface area contributed by atoms with E-state index < -0.39 is 0 Å². The highest BCUT2D eigenvalue weighted by Gasteiger charge is 2.39. The zero-order valence-electron chi connectivity index (χ0n) is 18.9. The monoisotopic (exact) mass is 427 g/mol. The molecule has 0 radical (unpaired) electrons. The van der Waals surface area contributed by atoms with Gasteiger partial charge in [0.2, 0.25) is 0 Å². The van der Waals surface area contributed by atoms with Crippen molar-refractivity contribution in [2.45, 2.75) is 43.8 Å². The van der Waals surface area contributed by atoms with Gasteiger partial charge in [-0.05, 0) is 59.9 Å². The SMILES string of the molecule is COc1cc2c(cc1OC)[C@@H]1CCCC[C@@H]1O[C@H]2c1ccc2c(c1)c1ccccc1n2C. The Morgan fingerprint density at radius 1 is 0.812 bits per heavy atom. The number of nitrogens with zero attached hydrogens (tertiary/aromatic N) is 1. The molecule has 1 aliphatic heterocycles. The van der Waals surface area contributed by atoms with Gasteiger partial charge in [-0.3, -0.25) is 0 Å². The van der Waals surface area contributed by atoms with Crippen molar-refractivity contribution in [2.75, 3.05) is 14.2 Å². The number of hydrogen-bond donors (Lipinski definition) is 0. The first-order valence-corrected chi connectivity index (χ1v) is 11.6. The molecule has 3 aromatic carbocycles. The van der Waals surface area contributed by atoms with Crippen molar-refractivity contribution in [3.8, 4) is 11.5 Å². The molecule has 0 bridgehead atoms. The summed E-state index contributed by atoms with van der Waals surface area (Å²) in [6.45, 7) is 0. The minimum Gasteiger partial charge on any atom is -0.493 e. The summed E-state index contributed by atoms with van der Waals surface area (Å²) in [5.41, 5.74) is 6.27. The highest BCUT2D eigenvalue weighted by Crippen LogP contribution is 2.50. The van der Waals surface area contributed by atoms with Gasteiger partial charge in [-0.1, -0.05) is 37.1 Å². The molecule has 1 aromatic heterocycles. The highest BCUT2D eigenvalue weighted by atomic mass is 16.5. The smallest absolute Gasteiger partial charge is 0.161 e. The lowest BCUT2D eigenvalue weighted by atomic mass is 9.75. The van der Waals surface area contributed by atoms with Crippen LogP contribution in [0.3, 0.4) is 0 Å². The minimum atomic E-state index is -0.104. The van der Waals surface area contributed by atoms with Gasteiger partial charge in [0, 0.05) is 34.8 Å². The van der Waals surface area contributed by atoms with Crippen molar-refractivity contribution in [1.29, 1.82) is 0 Å². The van der Waals surface area contributed by atoms with Gasteiger partial charge in [-0.2, -0.15) is 0 Å². The van der Waals surface area contributed by atoms with E-state index in [9.17, 15) is 0 Å². The average Bonchev–Trinajstić information content (AvgIpc) is 3.14.